The van der Waals surface area contributed by atoms with Crippen LogP contribution in [0.2, 0.25) is 0 Å². The van der Waals surface area contributed by atoms with Crippen LogP contribution >= 0.6 is 0 Å². The number of fused-ring (bicyclic) bond motifs is 1. The number of carbonyl (C=O) groups excluding carboxylic acids is 1. The lowest BCUT2D eigenvalue weighted by atomic mass is 10.1. The van der Waals surface area contributed by atoms with E-state index in [1.807, 2.05) is 78.9 Å². The first-order chi connectivity index (χ1) is 15.7. The molecule has 5 heteroatoms. The molecule has 5 nitrogen and oxygen atoms in total. The summed E-state index contributed by atoms with van der Waals surface area (Å²) in [4.78, 5) is 20.8. The lowest BCUT2D eigenvalue weighted by Crippen LogP contribution is -2.29. The van der Waals surface area contributed by atoms with Crippen LogP contribution in [0.3, 0.4) is 0 Å². The summed E-state index contributed by atoms with van der Waals surface area (Å²) in [7, 11) is 0. The van der Waals surface area contributed by atoms with Crippen LogP contribution in [0.5, 0.6) is 5.75 Å². The first kappa shape index (κ1) is 21.1. The summed E-state index contributed by atoms with van der Waals surface area (Å²) in [5.74, 6) is 1.32. The largest absolute Gasteiger partial charge is 0.490 e. The molecule has 4 aromatic rings. The first-order valence-electron chi connectivity index (χ1n) is 10.5. The molecule has 0 bridgehead atoms. The lowest BCUT2D eigenvalue weighted by Gasteiger charge is -2.16. The first-order valence-corrected chi connectivity index (χ1v) is 10.5. The van der Waals surface area contributed by atoms with Crippen molar-refractivity contribution in [3.8, 4) is 5.75 Å². The molecule has 0 unspecified atom stereocenters. The van der Waals surface area contributed by atoms with E-state index in [0.717, 1.165) is 33.7 Å². The van der Waals surface area contributed by atoms with Gasteiger partial charge in [0.05, 0.1) is 17.1 Å². The summed E-state index contributed by atoms with van der Waals surface area (Å²) in [5.41, 5.74) is 3.86. The maximum Gasteiger partial charge on any atom is 0.244 e. The number of amides is 1. The van der Waals surface area contributed by atoms with Gasteiger partial charge in [0.1, 0.15) is 18.2 Å². The van der Waals surface area contributed by atoms with Crippen molar-refractivity contribution in [3.05, 3.63) is 115 Å². The van der Waals surface area contributed by atoms with Crippen LogP contribution in [0.1, 0.15) is 23.0 Å². The zero-order chi connectivity index (χ0) is 22.2. The van der Waals surface area contributed by atoms with Gasteiger partial charge >= 0.3 is 0 Å². The number of H-pyrrole nitrogens is 1. The second-order valence-electron chi connectivity index (χ2n) is 7.39. The summed E-state index contributed by atoms with van der Waals surface area (Å²) in [5, 5.41) is 3.10. The van der Waals surface area contributed by atoms with Gasteiger partial charge in [0.2, 0.25) is 5.91 Å². The van der Waals surface area contributed by atoms with Crippen LogP contribution in [-0.4, -0.2) is 22.5 Å². The number of aromatic amines is 1. The molecule has 1 atom stereocenters. The maximum absolute atomic E-state index is 12.7. The van der Waals surface area contributed by atoms with Crippen LogP contribution in [0.15, 0.2) is 97.6 Å². The Balaban J connectivity index is 1.49. The Kier molecular flexibility index (Phi) is 6.78. The fourth-order valence-electron chi connectivity index (χ4n) is 3.43. The molecule has 0 saturated carbocycles. The molecule has 2 N–H and O–H groups in total. The van der Waals surface area contributed by atoms with Crippen molar-refractivity contribution >= 4 is 23.0 Å². The Hall–Kier alpha value is -4.12. The van der Waals surface area contributed by atoms with Crippen LogP contribution < -0.4 is 10.1 Å². The van der Waals surface area contributed by atoms with Gasteiger partial charge in [-0.05, 0) is 47.9 Å². The van der Waals surface area contributed by atoms with E-state index in [9.17, 15) is 4.79 Å². The monoisotopic (exact) mass is 423 g/mol. The minimum atomic E-state index is -0.281. The zero-order valence-electron chi connectivity index (χ0n) is 17.7. The van der Waals surface area contributed by atoms with E-state index in [1.54, 1.807) is 18.2 Å². The Morgan fingerprint density at radius 3 is 2.53 bits per heavy atom. The highest BCUT2D eigenvalue weighted by Gasteiger charge is 2.18. The summed E-state index contributed by atoms with van der Waals surface area (Å²) >= 11 is 0. The summed E-state index contributed by atoms with van der Waals surface area (Å²) in [6.45, 7) is 4.10. The Morgan fingerprint density at radius 2 is 1.78 bits per heavy atom. The SMILES string of the molecule is C=CCOc1ccc(/C=C/C(=O)N[C@@H](Cc2ccccc2)c2nc3ccccc3[nH]2)cc1. The Bertz CT molecular complexity index is 1180. The quantitative estimate of drug-likeness (QED) is 0.286. The number of aromatic nitrogens is 2. The number of nitrogens with zero attached hydrogens (tertiary/aromatic N) is 1. The molecule has 0 aliphatic rings. The number of imidazole rings is 1. The van der Waals surface area contributed by atoms with Gasteiger partial charge in [0, 0.05) is 6.08 Å². The molecule has 0 fully saturated rings. The highest BCUT2D eigenvalue weighted by Crippen LogP contribution is 2.20. The van der Waals surface area contributed by atoms with Crippen molar-refractivity contribution in [2.75, 3.05) is 6.61 Å². The topological polar surface area (TPSA) is 67.0 Å². The molecular weight excluding hydrogens is 398 g/mol. The van der Waals surface area contributed by atoms with Crippen LogP contribution in [0, 0.1) is 0 Å². The number of rotatable bonds is 9. The highest BCUT2D eigenvalue weighted by atomic mass is 16.5. The second kappa shape index (κ2) is 10.3. The fourth-order valence-corrected chi connectivity index (χ4v) is 3.43. The second-order valence-corrected chi connectivity index (χ2v) is 7.39. The molecule has 0 radical (unpaired) electrons. The molecule has 1 heterocycles. The van der Waals surface area contributed by atoms with Gasteiger partial charge in [-0.1, -0.05) is 67.3 Å². The normalized spacial score (nSPS) is 12.0. The molecule has 1 aromatic heterocycles. The van der Waals surface area contributed by atoms with Gasteiger partial charge in [0.25, 0.3) is 0 Å². The van der Waals surface area contributed by atoms with Gasteiger partial charge < -0.3 is 15.0 Å². The average molecular weight is 424 g/mol. The number of hydrogen-bond acceptors (Lipinski definition) is 3. The number of benzene rings is 3. The average Bonchev–Trinajstić information content (AvgIpc) is 3.27. The van der Waals surface area contributed by atoms with Gasteiger partial charge in [-0.2, -0.15) is 0 Å². The van der Waals surface area contributed by atoms with Crippen molar-refractivity contribution in [2.24, 2.45) is 0 Å². The number of nitrogens with one attached hydrogen (secondary N) is 2. The molecule has 0 aliphatic heterocycles. The number of para-hydroxylation sites is 2. The van der Waals surface area contributed by atoms with Crippen molar-refractivity contribution in [2.45, 2.75) is 12.5 Å². The Morgan fingerprint density at radius 1 is 1.03 bits per heavy atom. The van der Waals surface area contributed by atoms with Crippen molar-refractivity contribution in [1.82, 2.24) is 15.3 Å². The molecule has 0 spiro atoms. The van der Waals surface area contributed by atoms with Crippen molar-refractivity contribution in [3.63, 3.8) is 0 Å². The third kappa shape index (κ3) is 5.52. The predicted molar refractivity (Wildman–Crippen MR) is 128 cm³/mol. The number of hydrogen-bond donors (Lipinski definition) is 2. The minimum Gasteiger partial charge on any atom is -0.490 e. The highest BCUT2D eigenvalue weighted by molar-refractivity contribution is 5.92. The molecule has 0 saturated heterocycles. The molecule has 160 valence electrons. The predicted octanol–water partition coefficient (Wildman–Crippen LogP) is 5.24. The van der Waals surface area contributed by atoms with E-state index in [0.29, 0.717) is 13.0 Å². The standard InChI is InChI=1S/C27H25N3O2/c1-2-18-32-22-15-12-20(13-16-22)14-17-26(31)28-25(19-21-8-4-3-5-9-21)27-29-23-10-6-7-11-24(23)30-27/h2-17,25H,1,18-19H2,(H,28,31)(H,29,30)/b17-14+/t25-/m0/s1. The maximum atomic E-state index is 12.7. The Labute approximate surface area is 187 Å². The molecule has 32 heavy (non-hydrogen) atoms. The molecule has 4 rings (SSSR count). The van der Waals surface area contributed by atoms with Crippen LogP contribution in [0.4, 0.5) is 0 Å². The molecule has 3 aromatic carbocycles. The van der Waals surface area contributed by atoms with E-state index in [4.69, 9.17) is 9.72 Å². The third-order valence-corrected chi connectivity index (χ3v) is 5.01. The third-order valence-electron chi connectivity index (χ3n) is 5.01. The van der Waals surface area contributed by atoms with Gasteiger partial charge in [-0.15, -0.1) is 0 Å². The summed E-state index contributed by atoms with van der Waals surface area (Å²) in [6, 6.07) is 25.2. The fraction of sp³-hybridized carbons (Fsp3) is 0.111. The minimum absolute atomic E-state index is 0.182. The van der Waals surface area contributed by atoms with Crippen molar-refractivity contribution in [1.29, 1.82) is 0 Å². The molecule has 1 amide bonds. The van der Waals surface area contributed by atoms with Crippen LogP contribution in [-0.2, 0) is 11.2 Å². The lowest BCUT2D eigenvalue weighted by molar-refractivity contribution is -0.117. The molecule has 0 aliphatic carbocycles. The van der Waals surface area contributed by atoms with Gasteiger partial charge in [-0.25, -0.2) is 4.98 Å². The smallest absolute Gasteiger partial charge is 0.244 e. The zero-order valence-corrected chi connectivity index (χ0v) is 17.7. The molecular formula is C27H25N3O2. The van der Waals surface area contributed by atoms with E-state index in [2.05, 4.69) is 16.9 Å². The van der Waals surface area contributed by atoms with E-state index >= 15 is 0 Å². The number of ether oxygens (including phenoxy) is 1. The van der Waals surface area contributed by atoms with Crippen LogP contribution in [0.25, 0.3) is 17.1 Å². The van der Waals surface area contributed by atoms with E-state index in [1.165, 1.54) is 0 Å². The van der Waals surface area contributed by atoms with Crippen molar-refractivity contribution < 1.29 is 9.53 Å². The summed E-state index contributed by atoms with van der Waals surface area (Å²) in [6.07, 6.45) is 5.66. The van der Waals surface area contributed by atoms with E-state index < -0.39 is 0 Å². The number of carbonyl (C=O) groups is 1. The summed E-state index contributed by atoms with van der Waals surface area (Å²) < 4.78 is 5.49. The van der Waals surface area contributed by atoms with Gasteiger partial charge in [-0.3, -0.25) is 4.79 Å². The van der Waals surface area contributed by atoms with Gasteiger partial charge in [0.15, 0.2) is 0 Å². The van der Waals surface area contributed by atoms with E-state index in [-0.39, 0.29) is 11.9 Å².